The second kappa shape index (κ2) is 5.45. The highest BCUT2D eigenvalue weighted by Crippen LogP contribution is 2.23. The van der Waals surface area contributed by atoms with Gasteiger partial charge in [-0.25, -0.2) is 0 Å². The standard InChI is InChI=1S/C17H19NO/c1-19-17-8-7-14-10-16(18-12-15(14)11-17)9-13-5-3-2-4-6-13/h2-8,11,16,18H,9-10,12H2,1H3. The maximum absolute atomic E-state index is 5.27. The number of rotatable bonds is 3. The van der Waals surface area contributed by atoms with Crippen LogP contribution in [-0.4, -0.2) is 13.2 Å². The van der Waals surface area contributed by atoms with Gasteiger partial charge in [0, 0.05) is 12.6 Å². The monoisotopic (exact) mass is 253 g/mol. The molecule has 0 amide bonds. The largest absolute Gasteiger partial charge is 0.497 e. The molecule has 1 aliphatic heterocycles. The van der Waals surface area contributed by atoms with E-state index in [1.54, 1.807) is 7.11 Å². The SMILES string of the molecule is COc1ccc2c(c1)CNC(Cc1ccccc1)C2. The number of methoxy groups -OCH3 is 1. The van der Waals surface area contributed by atoms with Gasteiger partial charge >= 0.3 is 0 Å². The molecule has 1 heterocycles. The molecule has 1 aliphatic rings. The van der Waals surface area contributed by atoms with Crippen LogP contribution in [0.15, 0.2) is 48.5 Å². The summed E-state index contributed by atoms with van der Waals surface area (Å²) in [6.45, 7) is 0.935. The molecule has 1 atom stereocenters. The van der Waals surface area contributed by atoms with Crippen molar-refractivity contribution in [3.8, 4) is 5.75 Å². The molecule has 3 rings (SSSR count). The van der Waals surface area contributed by atoms with Crippen molar-refractivity contribution in [1.29, 1.82) is 0 Å². The van der Waals surface area contributed by atoms with Gasteiger partial charge in [0.25, 0.3) is 0 Å². The average molecular weight is 253 g/mol. The molecule has 0 aromatic heterocycles. The second-order valence-corrected chi connectivity index (χ2v) is 5.11. The zero-order chi connectivity index (χ0) is 13.1. The number of hydrogen-bond donors (Lipinski definition) is 1. The number of benzene rings is 2. The van der Waals surface area contributed by atoms with Crippen LogP contribution >= 0.6 is 0 Å². The summed E-state index contributed by atoms with van der Waals surface area (Å²) in [5, 5.41) is 3.62. The van der Waals surface area contributed by atoms with E-state index in [4.69, 9.17) is 4.74 Å². The number of hydrogen-bond acceptors (Lipinski definition) is 2. The summed E-state index contributed by atoms with van der Waals surface area (Å²) in [5.74, 6) is 0.946. The van der Waals surface area contributed by atoms with Crippen molar-refractivity contribution in [1.82, 2.24) is 5.32 Å². The third-order valence-corrected chi connectivity index (χ3v) is 3.79. The first-order chi connectivity index (χ1) is 9.35. The number of nitrogens with one attached hydrogen (secondary N) is 1. The van der Waals surface area contributed by atoms with Gasteiger partial charge in [-0.2, -0.15) is 0 Å². The third-order valence-electron chi connectivity index (χ3n) is 3.79. The summed E-state index contributed by atoms with van der Waals surface area (Å²) in [6.07, 6.45) is 2.18. The van der Waals surface area contributed by atoms with E-state index < -0.39 is 0 Å². The lowest BCUT2D eigenvalue weighted by atomic mass is 9.92. The van der Waals surface area contributed by atoms with E-state index in [2.05, 4.69) is 53.8 Å². The minimum absolute atomic E-state index is 0.531. The molecule has 0 aliphatic carbocycles. The number of ether oxygens (including phenoxy) is 1. The first-order valence-corrected chi connectivity index (χ1v) is 6.78. The van der Waals surface area contributed by atoms with Crippen LogP contribution in [-0.2, 0) is 19.4 Å². The summed E-state index contributed by atoms with van der Waals surface area (Å²) in [5.41, 5.74) is 4.21. The fraction of sp³-hybridized carbons (Fsp3) is 0.294. The van der Waals surface area contributed by atoms with Crippen LogP contribution in [0.4, 0.5) is 0 Å². The molecular weight excluding hydrogens is 234 g/mol. The van der Waals surface area contributed by atoms with Gasteiger partial charge in [0.1, 0.15) is 5.75 Å². The molecule has 2 aromatic carbocycles. The van der Waals surface area contributed by atoms with Gasteiger partial charge < -0.3 is 10.1 Å². The van der Waals surface area contributed by atoms with Gasteiger partial charge in [-0.15, -0.1) is 0 Å². The molecule has 2 aromatic rings. The van der Waals surface area contributed by atoms with Crippen molar-refractivity contribution in [3.05, 3.63) is 65.2 Å². The Morgan fingerprint density at radius 1 is 1.11 bits per heavy atom. The molecule has 19 heavy (non-hydrogen) atoms. The smallest absolute Gasteiger partial charge is 0.119 e. The maximum atomic E-state index is 5.27. The predicted octanol–water partition coefficient (Wildman–Crippen LogP) is 2.95. The van der Waals surface area contributed by atoms with Crippen molar-refractivity contribution in [2.75, 3.05) is 7.11 Å². The van der Waals surface area contributed by atoms with Crippen LogP contribution < -0.4 is 10.1 Å². The van der Waals surface area contributed by atoms with E-state index in [-0.39, 0.29) is 0 Å². The molecule has 0 saturated carbocycles. The Labute approximate surface area is 114 Å². The van der Waals surface area contributed by atoms with Crippen LogP contribution in [0.2, 0.25) is 0 Å². The van der Waals surface area contributed by atoms with Gasteiger partial charge in [0.05, 0.1) is 7.11 Å². The predicted molar refractivity (Wildman–Crippen MR) is 77.5 cm³/mol. The fourth-order valence-electron chi connectivity index (χ4n) is 2.73. The average Bonchev–Trinajstić information content (AvgIpc) is 2.48. The lowest BCUT2D eigenvalue weighted by molar-refractivity contribution is 0.411. The summed E-state index contributed by atoms with van der Waals surface area (Å²) in [7, 11) is 1.72. The van der Waals surface area contributed by atoms with E-state index in [1.165, 1.54) is 16.7 Å². The summed E-state index contributed by atoms with van der Waals surface area (Å²) < 4.78 is 5.27. The Kier molecular flexibility index (Phi) is 3.51. The van der Waals surface area contributed by atoms with E-state index in [1.807, 2.05) is 0 Å². The van der Waals surface area contributed by atoms with Crippen molar-refractivity contribution in [2.24, 2.45) is 0 Å². The van der Waals surface area contributed by atoms with E-state index in [0.717, 1.165) is 25.1 Å². The van der Waals surface area contributed by atoms with Crippen LogP contribution in [0.25, 0.3) is 0 Å². The van der Waals surface area contributed by atoms with E-state index in [9.17, 15) is 0 Å². The molecule has 0 fully saturated rings. The fourth-order valence-corrected chi connectivity index (χ4v) is 2.73. The van der Waals surface area contributed by atoms with Crippen LogP contribution in [0, 0.1) is 0 Å². The first-order valence-electron chi connectivity index (χ1n) is 6.78. The Morgan fingerprint density at radius 3 is 2.74 bits per heavy atom. The minimum Gasteiger partial charge on any atom is -0.497 e. The lowest BCUT2D eigenvalue weighted by Crippen LogP contribution is -2.37. The van der Waals surface area contributed by atoms with Gasteiger partial charge in [-0.05, 0) is 41.7 Å². The number of fused-ring (bicyclic) bond motifs is 1. The van der Waals surface area contributed by atoms with Crippen molar-refractivity contribution in [3.63, 3.8) is 0 Å². The Hall–Kier alpha value is -1.80. The molecule has 1 unspecified atom stereocenters. The first kappa shape index (κ1) is 12.2. The molecule has 2 heteroatoms. The van der Waals surface area contributed by atoms with Crippen LogP contribution in [0.5, 0.6) is 5.75 Å². The minimum atomic E-state index is 0.531. The van der Waals surface area contributed by atoms with Crippen molar-refractivity contribution in [2.45, 2.75) is 25.4 Å². The topological polar surface area (TPSA) is 21.3 Å². The van der Waals surface area contributed by atoms with Gasteiger partial charge in [0.2, 0.25) is 0 Å². The highest BCUT2D eigenvalue weighted by atomic mass is 16.5. The molecule has 0 saturated heterocycles. The molecule has 0 spiro atoms. The normalized spacial score (nSPS) is 17.8. The molecule has 0 radical (unpaired) electrons. The van der Waals surface area contributed by atoms with Crippen LogP contribution in [0.1, 0.15) is 16.7 Å². The summed E-state index contributed by atoms with van der Waals surface area (Å²) >= 11 is 0. The summed E-state index contributed by atoms with van der Waals surface area (Å²) in [6, 6.07) is 17.6. The van der Waals surface area contributed by atoms with Gasteiger partial charge in [-0.1, -0.05) is 36.4 Å². The Bertz CT molecular complexity index is 550. The molecule has 0 bridgehead atoms. The third kappa shape index (κ3) is 2.79. The Balaban J connectivity index is 1.72. The zero-order valence-corrected chi connectivity index (χ0v) is 11.2. The quantitative estimate of drug-likeness (QED) is 0.908. The second-order valence-electron chi connectivity index (χ2n) is 5.11. The van der Waals surface area contributed by atoms with E-state index >= 15 is 0 Å². The molecular formula is C17H19NO. The molecule has 2 nitrogen and oxygen atoms in total. The zero-order valence-electron chi connectivity index (χ0n) is 11.2. The summed E-state index contributed by atoms with van der Waals surface area (Å²) in [4.78, 5) is 0. The Morgan fingerprint density at radius 2 is 1.95 bits per heavy atom. The highest BCUT2D eigenvalue weighted by Gasteiger charge is 2.18. The van der Waals surface area contributed by atoms with Crippen molar-refractivity contribution >= 4 is 0 Å². The maximum Gasteiger partial charge on any atom is 0.119 e. The lowest BCUT2D eigenvalue weighted by Gasteiger charge is -2.26. The van der Waals surface area contributed by atoms with Crippen molar-refractivity contribution < 1.29 is 4.74 Å². The van der Waals surface area contributed by atoms with Crippen LogP contribution in [0.3, 0.4) is 0 Å². The highest BCUT2D eigenvalue weighted by molar-refractivity contribution is 5.37. The van der Waals surface area contributed by atoms with E-state index in [0.29, 0.717) is 6.04 Å². The molecule has 1 N–H and O–H groups in total. The molecule has 98 valence electrons. The van der Waals surface area contributed by atoms with Gasteiger partial charge in [0.15, 0.2) is 0 Å². The van der Waals surface area contributed by atoms with Gasteiger partial charge in [-0.3, -0.25) is 0 Å².